The molecule has 0 spiro atoms. The number of hydrogen-bond acceptors (Lipinski definition) is 4. The third kappa shape index (κ3) is 4.08. The number of ether oxygens (including phenoxy) is 1. The molecule has 2 aromatic rings. The Morgan fingerprint density at radius 1 is 1.04 bits per heavy atom. The van der Waals surface area contributed by atoms with Crippen LogP contribution in [-0.4, -0.2) is 33.8 Å². The van der Waals surface area contributed by atoms with E-state index in [4.69, 9.17) is 4.74 Å². The average molecular weight is 378 g/mol. The maximum absolute atomic E-state index is 12.8. The highest BCUT2D eigenvalue weighted by molar-refractivity contribution is 5.83. The molecule has 3 heterocycles. The number of nitrogens with zero attached hydrogens (tertiary/aromatic N) is 2. The van der Waals surface area contributed by atoms with Gasteiger partial charge in [-0.2, -0.15) is 0 Å². The number of carbonyl (C=O) groups excluding carboxylic acids is 2. The van der Waals surface area contributed by atoms with Crippen LogP contribution in [0.5, 0.6) is 0 Å². The molecule has 2 atom stereocenters. The van der Waals surface area contributed by atoms with Gasteiger partial charge in [0.25, 0.3) is 0 Å². The zero-order valence-corrected chi connectivity index (χ0v) is 16.2. The molecular weight excluding hydrogens is 352 g/mol. The van der Waals surface area contributed by atoms with Crippen LogP contribution in [-0.2, 0) is 22.6 Å². The van der Waals surface area contributed by atoms with E-state index in [0.29, 0.717) is 6.42 Å². The summed E-state index contributed by atoms with van der Waals surface area (Å²) in [5, 5.41) is 0. The molecule has 28 heavy (non-hydrogen) atoms. The topological polar surface area (TPSA) is 59.5 Å². The highest BCUT2D eigenvalue weighted by Crippen LogP contribution is 2.39. The van der Waals surface area contributed by atoms with E-state index in [2.05, 4.69) is 4.98 Å². The molecule has 1 amide bonds. The summed E-state index contributed by atoms with van der Waals surface area (Å²) in [4.78, 5) is 31.8. The number of benzene rings is 1. The van der Waals surface area contributed by atoms with Crippen molar-refractivity contribution in [1.82, 2.24) is 9.88 Å². The maximum Gasteiger partial charge on any atom is 0.410 e. The smallest absolute Gasteiger partial charge is 0.410 e. The van der Waals surface area contributed by atoms with Gasteiger partial charge in [0.1, 0.15) is 12.4 Å². The minimum Gasteiger partial charge on any atom is -0.445 e. The first-order valence-electron chi connectivity index (χ1n) is 10.0. The van der Waals surface area contributed by atoms with Crippen molar-refractivity contribution >= 4 is 11.9 Å². The predicted octanol–water partition coefficient (Wildman–Crippen LogP) is 4.08. The normalized spacial score (nSPS) is 23.5. The summed E-state index contributed by atoms with van der Waals surface area (Å²) in [5.41, 5.74) is 2.75. The summed E-state index contributed by atoms with van der Waals surface area (Å²) in [7, 11) is 0. The van der Waals surface area contributed by atoms with E-state index in [1.165, 1.54) is 0 Å². The minimum absolute atomic E-state index is 0.0120. The van der Waals surface area contributed by atoms with Crippen LogP contribution < -0.4 is 0 Å². The standard InChI is InChI=1S/C23H26N2O3/c1-16-6-5-9-19(24-16)14-22(26)18-12-20-10-11-21(13-18)25(20)23(27)28-15-17-7-3-2-4-8-17/h2-9,18,20-21H,10-15H2,1H3. The fourth-order valence-electron chi connectivity index (χ4n) is 4.55. The molecule has 0 N–H and O–H groups in total. The minimum atomic E-state index is -0.248. The van der Waals surface area contributed by atoms with Gasteiger partial charge in [0, 0.05) is 35.8 Å². The Kier molecular flexibility index (Phi) is 5.42. The molecular formula is C23H26N2O3. The fourth-order valence-corrected chi connectivity index (χ4v) is 4.55. The van der Waals surface area contributed by atoms with E-state index in [-0.39, 0.29) is 36.5 Å². The molecule has 2 fully saturated rings. The number of piperidine rings is 1. The van der Waals surface area contributed by atoms with Crippen LogP contribution in [0.25, 0.3) is 0 Å². The van der Waals surface area contributed by atoms with E-state index < -0.39 is 0 Å². The molecule has 2 saturated heterocycles. The molecule has 2 aliphatic rings. The number of pyridine rings is 1. The molecule has 1 aromatic carbocycles. The van der Waals surface area contributed by atoms with Crippen molar-refractivity contribution in [2.24, 2.45) is 5.92 Å². The van der Waals surface area contributed by atoms with Crippen molar-refractivity contribution in [3.05, 3.63) is 65.5 Å². The lowest BCUT2D eigenvalue weighted by Crippen LogP contribution is -2.48. The molecule has 2 unspecified atom stereocenters. The number of carbonyl (C=O) groups is 2. The second-order valence-corrected chi connectivity index (χ2v) is 7.91. The van der Waals surface area contributed by atoms with Gasteiger partial charge in [0.05, 0.1) is 0 Å². The van der Waals surface area contributed by atoms with Crippen LogP contribution in [0, 0.1) is 12.8 Å². The Balaban J connectivity index is 1.34. The highest BCUT2D eigenvalue weighted by atomic mass is 16.6. The zero-order valence-electron chi connectivity index (χ0n) is 16.2. The number of aromatic nitrogens is 1. The van der Waals surface area contributed by atoms with Crippen LogP contribution in [0.2, 0.25) is 0 Å². The lowest BCUT2D eigenvalue weighted by atomic mass is 9.86. The Bertz CT molecular complexity index is 838. The molecule has 5 nitrogen and oxygen atoms in total. The second-order valence-electron chi connectivity index (χ2n) is 7.91. The Labute approximate surface area is 165 Å². The first-order chi connectivity index (χ1) is 13.6. The van der Waals surface area contributed by atoms with E-state index in [0.717, 1.165) is 42.6 Å². The molecule has 1 aromatic heterocycles. The lowest BCUT2D eigenvalue weighted by molar-refractivity contribution is -0.124. The van der Waals surface area contributed by atoms with Crippen LogP contribution >= 0.6 is 0 Å². The first kappa shape index (κ1) is 18.7. The van der Waals surface area contributed by atoms with E-state index >= 15 is 0 Å². The van der Waals surface area contributed by atoms with Gasteiger partial charge < -0.3 is 9.64 Å². The molecule has 0 aliphatic carbocycles. The number of ketones is 1. The summed E-state index contributed by atoms with van der Waals surface area (Å²) in [6, 6.07) is 15.7. The van der Waals surface area contributed by atoms with Crippen molar-refractivity contribution in [1.29, 1.82) is 0 Å². The van der Waals surface area contributed by atoms with Crippen molar-refractivity contribution in [3.63, 3.8) is 0 Å². The van der Waals surface area contributed by atoms with Crippen LogP contribution in [0.15, 0.2) is 48.5 Å². The van der Waals surface area contributed by atoms with E-state index in [1.807, 2.05) is 60.4 Å². The fraction of sp³-hybridized carbons (Fsp3) is 0.435. The first-order valence-corrected chi connectivity index (χ1v) is 10.0. The van der Waals surface area contributed by atoms with Crippen LogP contribution in [0.1, 0.15) is 42.6 Å². The molecule has 146 valence electrons. The molecule has 0 saturated carbocycles. The number of Topliss-reactive ketones (excluding diaryl/α,β-unsaturated/α-hetero) is 1. The lowest BCUT2D eigenvalue weighted by Gasteiger charge is -2.37. The SMILES string of the molecule is Cc1cccc(CC(=O)C2CC3CCC(C2)N3C(=O)OCc2ccccc2)n1. The van der Waals surface area contributed by atoms with Crippen LogP contribution in [0.3, 0.4) is 0 Å². The molecule has 2 aliphatic heterocycles. The monoisotopic (exact) mass is 378 g/mol. The number of amides is 1. The summed E-state index contributed by atoms with van der Waals surface area (Å²) in [6.07, 6.45) is 3.52. The summed E-state index contributed by atoms with van der Waals surface area (Å²) < 4.78 is 5.54. The third-order valence-corrected chi connectivity index (χ3v) is 5.91. The highest BCUT2D eigenvalue weighted by Gasteiger charge is 2.45. The summed E-state index contributed by atoms with van der Waals surface area (Å²) in [6.45, 7) is 2.23. The van der Waals surface area contributed by atoms with Crippen molar-refractivity contribution in [3.8, 4) is 0 Å². The van der Waals surface area contributed by atoms with Gasteiger partial charge in [0.15, 0.2) is 0 Å². The molecule has 4 rings (SSSR count). The molecule has 2 bridgehead atoms. The molecule has 5 heteroatoms. The predicted molar refractivity (Wildman–Crippen MR) is 106 cm³/mol. The van der Waals surface area contributed by atoms with Crippen molar-refractivity contribution in [2.45, 2.75) is 57.7 Å². The van der Waals surface area contributed by atoms with Gasteiger partial charge in [0.2, 0.25) is 0 Å². The van der Waals surface area contributed by atoms with E-state index in [9.17, 15) is 9.59 Å². The van der Waals surface area contributed by atoms with Crippen LogP contribution in [0.4, 0.5) is 4.79 Å². The van der Waals surface area contributed by atoms with Gasteiger partial charge in [-0.1, -0.05) is 36.4 Å². The molecule has 0 radical (unpaired) electrons. The summed E-state index contributed by atoms with van der Waals surface area (Å²) in [5.74, 6) is 0.255. The number of aryl methyl sites for hydroxylation is 1. The third-order valence-electron chi connectivity index (χ3n) is 5.91. The number of hydrogen-bond donors (Lipinski definition) is 0. The van der Waals surface area contributed by atoms with Gasteiger partial charge in [-0.05, 0) is 50.3 Å². The van der Waals surface area contributed by atoms with Gasteiger partial charge in [-0.25, -0.2) is 4.79 Å². The maximum atomic E-state index is 12.8. The van der Waals surface area contributed by atoms with Gasteiger partial charge in [-0.3, -0.25) is 9.78 Å². The van der Waals surface area contributed by atoms with E-state index in [1.54, 1.807) is 0 Å². The Morgan fingerprint density at radius 3 is 2.43 bits per heavy atom. The van der Waals surface area contributed by atoms with Gasteiger partial charge >= 0.3 is 6.09 Å². The average Bonchev–Trinajstić information content (AvgIpc) is 2.96. The quantitative estimate of drug-likeness (QED) is 0.787. The number of rotatable bonds is 5. The second kappa shape index (κ2) is 8.13. The largest absolute Gasteiger partial charge is 0.445 e. The van der Waals surface area contributed by atoms with Crippen molar-refractivity contribution in [2.75, 3.05) is 0 Å². The van der Waals surface area contributed by atoms with Crippen molar-refractivity contribution < 1.29 is 14.3 Å². The summed E-state index contributed by atoms with van der Waals surface area (Å²) >= 11 is 0. The Morgan fingerprint density at radius 2 is 1.75 bits per heavy atom. The number of fused-ring (bicyclic) bond motifs is 2. The Hall–Kier alpha value is -2.69. The zero-order chi connectivity index (χ0) is 19.5. The van der Waals surface area contributed by atoms with Gasteiger partial charge in [-0.15, -0.1) is 0 Å².